The first kappa shape index (κ1) is 28.2. The van der Waals surface area contributed by atoms with Crippen molar-refractivity contribution in [1.29, 1.82) is 0 Å². The summed E-state index contributed by atoms with van der Waals surface area (Å²) in [7, 11) is 2.14. The third kappa shape index (κ3) is 6.00. The second-order valence-electron chi connectivity index (χ2n) is 12.5. The van der Waals surface area contributed by atoms with Crippen LogP contribution in [0, 0.1) is 0 Å². The highest BCUT2D eigenvalue weighted by molar-refractivity contribution is 5.89. The average molecular weight is 567 g/mol. The molecule has 0 unspecified atom stereocenters. The van der Waals surface area contributed by atoms with Crippen LogP contribution in [0.15, 0.2) is 66.9 Å². The number of nitrogens with zero attached hydrogens (tertiary/aromatic N) is 6. The van der Waals surface area contributed by atoms with Crippen LogP contribution in [0.1, 0.15) is 62.3 Å². The number of hydrogen-bond donors (Lipinski definition) is 0. The van der Waals surface area contributed by atoms with E-state index in [2.05, 4.69) is 82.1 Å². The summed E-state index contributed by atoms with van der Waals surface area (Å²) in [5.41, 5.74) is 6.68. The van der Waals surface area contributed by atoms with Crippen molar-refractivity contribution in [2.75, 3.05) is 31.1 Å². The largest absolute Gasteiger partial charge is 0.444 e. The van der Waals surface area contributed by atoms with Crippen LogP contribution in [0.5, 0.6) is 0 Å². The summed E-state index contributed by atoms with van der Waals surface area (Å²) in [6.07, 6.45) is 5.04. The van der Waals surface area contributed by atoms with E-state index >= 15 is 0 Å². The molecular formula is C34H42N6O2. The molecule has 0 saturated carbocycles. The summed E-state index contributed by atoms with van der Waals surface area (Å²) >= 11 is 0. The second-order valence-corrected chi connectivity index (χ2v) is 12.5. The molecule has 6 rings (SSSR count). The lowest BCUT2D eigenvalue weighted by Crippen LogP contribution is -2.50. The molecule has 1 saturated heterocycles. The van der Waals surface area contributed by atoms with Crippen LogP contribution >= 0.6 is 0 Å². The molecule has 0 N–H and O–H groups in total. The van der Waals surface area contributed by atoms with Crippen LogP contribution in [-0.4, -0.2) is 62.2 Å². The SMILES string of the molecule is Cn1c(CN(Cc2ccccc2)[C@H]2CCCc3cccnc32)nc2cccc(N3CCN(C(=O)OC(C)(C)C)CC3)c21. The maximum absolute atomic E-state index is 12.6. The highest BCUT2D eigenvalue weighted by atomic mass is 16.6. The van der Waals surface area contributed by atoms with Crippen LogP contribution < -0.4 is 4.90 Å². The van der Waals surface area contributed by atoms with Crippen molar-refractivity contribution in [3.05, 3.63) is 89.5 Å². The minimum absolute atomic E-state index is 0.236. The number of aryl methyl sites for hydroxylation is 2. The van der Waals surface area contributed by atoms with Crippen LogP contribution in [0.25, 0.3) is 11.0 Å². The quantitative estimate of drug-likeness (QED) is 0.281. The molecule has 3 heterocycles. The fourth-order valence-corrected chi connectivity index (χ4v) is 6.37. The Balaban J connectivity index is 1.27. The zero-order valence-corrected chi connectivity index (χ0v) is 25.3. The smallest absolute Gasteiger partial charge is 0.410 e. The predicted octanol–water partition coefficient (Wildman–Crippen LogP) is 6.11. The number of amides is 1. The fourth-order valence-electron chi connectivity index (χ4n) is 6.37. The summed E-state index contributed by atoms with van der Waals surface area (Å²) in [6.45, 7) is 10.1. The number of imidazole rings is 1. The molecule has 4 aromatic rings. The third-order valence-electron chi connectivity index (χ3n) is 8.42. The van der Waals surface area contributed by atoms with Crippen LogP contribution in [-0.2, 0) is 31.3 Å². The molecule has 1 aliphatic carbocycles. The van der Waals surface area contributed by atoms with Crippen molar-refractivity contribution in [2.45, 2.75) is 64.8 Å². The Morgan fingerprint density at radius 1 is 0.976 bits per heavy atom. The van der Waals surface area contributed by atoms with Crippen LogP contribution in [0.3, 0.4) is 0 Å². The van der Waals surface area contributed by atoms with Gasteiger partial charge in [0.05, 0.1) is 35.0 Å². The molecule has 8 nitrogen and oxygen atoms in total. The lowest BCUT2D eigenvalue weighted by atomic mass is 9.90. The minimum Gasteiger partial charge on any atom is -0.444 e. The van der Waals surface area contributed by atoms with Gasteiger partial charge in [-0.2, -0.15) is 0 Å². The molecule has 0 radical (unpaired) electrons. The van der Waals surface area contributed by atoms with E-state index in [1.165, 1.54) is 16.8 Å². The number of pyridine rings is 1. The van der Waals surface area contributed by atoms with E-state index in [0.717, 1.165) is 68.0 Å². The standard InChI is InChI=1S/C34H42N6O2/c1-34(2,3)42-33(41)39-21-19-38(20-22-39)29-17-9-15-27-32(29)37(4)30(36-27)24-40(23-25-11-6-5-7-12-25)28-16-8-13-26-14-10-18-35-31(26)28/h5-7,9-12,14-15,17-18,28H,8,13,16,19-24H2,1-4H3/t28-/m0/s1. The topological polar surface area (TPSA) is 66.7 Å². The summed E-state index contributed by atoms with van der Waals surface area (Å²) in [6, 6.07) is 21.6. The van der Waals surface area contributed by atoms with Gasteiger partial charge in [0, 0.05) is 46.0 Å². The Morgan fingerprint density at radius 3 is 2.52 bits per heavy atom. The Hall–Kier alpha value is -3.91. The Kier molecular flexibility index (Phi) is 7.90. The molecule has 2 aromatic carbocycles. The van der Waals surface area contributed by atoms with Gasteiger partial charge in [-0.3, -0.25) is 9.88 Å². The van der Waals surface area contributed by atoms with Crippen LogP contribution in [0.2, 0.25) is 0 Å². The molecule has 0 bridgehead atoms. The zero-order chi connectivity index (χ0) is 29.3. The number of carbonyl (C=O) groups is 1. The van der Waals surface area contributed by atoms with Crippen molar-refractivity contribution in [3.8, 4) is 0 Å². The summed E-state index contributed by atoms with van der Waals surface area (Å²) < 4.78 is 7.88. The molecule has 42 heavy (non-hydrogen) atoms. The number of para-hydroxylation sites is 1. The zero-order valence-electron chi connectivity index (χ0n) is 25.3. The fraction of sp³-hybridized carbons (Fsp3) is 0.441. The van der Waals surface area contributed by atoms with Crippen molar-refractivity contribution in [2.24, 2.45) is 7.05 Å². The number of anilines is 1. The number of fused-ring (bicyclic) bond motifs is 2. The van der Waals surface area contributed by atoms with Gasteiger partial charge in [0.25, 0.3) is 0 Å². The molecule has 1 amide bonds. The Morgan fingerprint density at radius 2 is 1.76 bits per heavy atom. The van der Waals surface area contributed by atoms with E-state index in [9.17, 15) is 4.79 Å². The van der Waals surface area contributed by atoms with Gasteiger partial charge in [-0.25, -0.2) is 9.78 Å². The number of carbonyl (C=O) groups excluding carboxylic acids is 1. The summed E-state index contributed by atoms with van der Waals surface area (Å²) in [5, 5.41) is 0. The first-order valence-electron chi connectivity index (χ1n) is 15.2. The number of rotatable bonds is 6. The molecule has 8 heteroatoms. The van der Waals surface area contributed by atoms with Crippen molar-refractivity contribution in [3.63, 3.8) is 0 Å². The molecule has 2 aromatic heterocycles. The van der Waals surface area contributed by atoms with E-state index in [1.54, 1.807) is 0 Å². The van der Waals surface area contributed by atoms with Gasteiger partial charge in [0.15, 0.2) is 0 Å². The summed E-state index contributed by atoms with van der Waals surface area (Å²) in [5.74, 6) is 1.05. The number of ether oxygens (including phenoxy) is 1. The van der Waals surface area contributed by atoms with Crippen molar-refractivity contribution in [1.82, 2.24) is 24.3 Å². The molecular weight excluding hydrogens is 524 g/mol. The molecule has 1 fully saturated rings. The van der Waals surface area contributed by atoms with E-state index in [1.807, 2.05) is 31.9 Å². The maximum atomic E-state index is 12.6. The van der Waals surface area contributed by atoms with Crippen LogP contribution in [0.4, 0.5) is 10.5 Å². The minimum atomic E-state index is -0.491. The summed E-state index contributed by atoms with van der Waals surface area (Å²) in [4.78, 5) is 29.4. The van der Waals surface area contributed by atoms with Gasteiger partial charge in [-0.05, 0) is 69.4 Å². The van der Waals surface area contributed by atoms with E-state index in [0.29, 0.717) is 13.1 Å². The van der Waals surface area contributed by atoms with E-state index in [-0.39, 0.29) is 12.1 Å². The highest BCUT2D eigenvalue weighted by Crippen LogP contribution is 2.36. The van der Waals surface area contributed by atoms with Gasteiger partial charge < -0.3 is 19.1 Å². The molecule has 0 spiro atoms. The maximum Gasteiger partial charge on any atom is 0.410 e. The first-order chi connectivity index (χ1) is 20.3. The van der Waals surface area contributed by atoms with Gasteiger partial charge in [0.1, 0.15) is 11.4 Å². The van der Waals surface area contributed by atoms with Crippen molar-refractivity contribution < 1.29 is 9.53 Å². The molecule has 1 aliphatic heterocycles. The van der Waals surface area contributed by atoms with Gasteiger partial charge in [-0.1, -0.05) is 42.5 Å². The number of hydrogen-bond acceptors (Lipinski definition) is 6. The Bertz CT molecular complexity index is 1530. The van der Waals surface area contributed by atoms with Gasteiger partial charge in [0.2, 0.25) is 0 Å². The molecule has 1 atom stereocenters. The van der Waals surface area contributed by atoms with E-state index in [4.69, 9.17) is 14.7 Å². The second kappa shape index (κ2) is 11.8. The average Bonchev–Trinajstić information content (AvgIpc) is 3.31. The van der Waals surface area contributed by atoms with Crippen molar-refractivity contribution >= 4 is 22.8 Å². The normalized spacial score (nSPS) is 17.5. The Labute approximate surface area is 248 Å². The predicted molar refractivity (Wildman–Crippen MR) is 166 cm³/mol. The number of piperazine rings is 1. The highest BCUT2D eigenvalue weighted by Gasteiger charge is 2.30. The third-order valence-corrected chi connectivity index (χ3v) is 8.42. The van der Waals surface area contributed by atoms with Gasteiger partial charge in [-0.15, -0.1) is 0 Å². The number of aromatic nitrogens is 3. The number of benzene rings is 2. The lowest BCUT2D eigenvalue weighted by Gasteiger charge is -2.37. The van der Waals surface area contributed by atoms with E-state index < -0.39 is 5.60 Å². The first-order valence-corrected chi connectivity index (χ1v) is 15.2. The molecule has 220 valence electrons. The lowest BCUT2D eigenvalue weighted by molar-refractivity contribution is 0.0240. The van der Waals surface area contributed by atoms with Gasteiger partial charge >= 0.3 is 6.09 Å². The molecule has 2 aliphatic rings. The monoisotopic (exact) mass is 566 g/mol.